The van der Waals surface area contributed by atoms with Crippen LogP contribution in [0.2, 0.25) is 0 Å². The number of imidazole rings is 1. The van der Waals surface area contributed by atoms with Crippen LogP contribution >= 0.6 is 0 Å². The lowest BCUT2D eigenvalue weighted by molar-refractivity contribution is -0.122. The number of rotatable bonds is 8. The van der Waals surface area contributed by atoms with Crippen molar-refractivity contribution in [2.24, 2.45) is 0 Å². The van der Waals surface area contributed by atoms with Crippen LogP contribution in [0.4, 0.5) is 0 Å². The number of ether oxygens (including phenoxy) is 1. The first kappa shape index (κ1) is 18.5. The molecule has 0 saturated heterocycles. The number of aromatic nitrogens is 2. The summed E-state index contributed by atoms with van der Waals surface area (Å²) < 4.78 is 7.66. The van der Waals surface area contributed by atoms with E-state index in [2.05, 4.69) is 16.4 Å². The number of carbonyl (C=O) groups is 1. The molecule has 0 spiro atoms. The quantitative estimate of drug-likeness (QED) is 0.666. The summed E-state index contributed by atoms with van der Waals surface area (Å²) in [6.07, 6.45) is 1.47. The molecule has 1 aromatic heterocycles. The maximum atomic E-state index is 12.5. The summed E-state index contributed by atoms with van der Waals surface area (Å²) in [5.41, 5.74) is 1.67. The molecule has 6 nitrogen and oxygen atoms in total. The van der Waals surface area contributed by atoms with Gasteiger partial charge in [0.25, 0.3) is 0 Å². The molecule has 0 aliphatic carbocycles. The number of nitriles is 1. The zero-order chi connectivity index (χ0) is 19.1. The van der Waals surface area contributed by atoms with Gasteiger partial charge < -0.3 is 14.6 Å². The summed E-state index contributed by atoms with van der Waals surface area (Å²) in [5.74, 6) is 1.20. The minimum atomic E-state index is -0.471. The molecule has 2 aromatic carbocycles. The van der Waals surface area contributed by atoms with Gasteiger partial charge in [0.05, 0.1) is 17.1 Å². The zero-order valence-corrected chi connectivity index (χ0v) is 15.3. The van der Waals surface area contributed by atoms with Crippen LogP contribution in [0, 0.1) is 11.3 Å². The first-order valence-corrected chi connectivity index (χ1v) is 9.02. The highest BCUT2D eigenvalue weighted by atomic mass is 16.5. The van der Waals surface area contributed by atoms with Crippen molar-refractivity contribution in [2.45, 2.75) is 39.0 Å². The number of benzene rings is 2. The number of carbonyl (C=O) groups excluding carboxylic acids is 1. The molecule has 1 heterocycles. The van der Waals surface area contributed by atoms with Crippen LogP contribution in [-0.4, -0.2) is 21.5 Å². The standard InChI is InChI=1S/C21H22N4O2/c1-2-8-16(13-22)23-21(26)14-25-19-12-7-6-11-18(19)24-20(25)15-27-17-9-4-3-5-10-17/h3-7,9-12,16H,2,8,14-15H2,1H3,(H,23,26). The van der Waals surface area contributed by atoms with E-state index in [1.807, 2.05) is 66.1 Å². The molecular weight excluding hydrogens is 340 g/mol. The van der Waals surface area contributed by atoms with Crippen LogP contribution in [0.25, 0.3) is 11.0 Å². The van der Waals surface area contributed by atoms with E-state index in [1.165, 1.54) is 0 Å². The first-order valence-electron chi connectivity index (χ1n) is 9.02. The highest BCUT2D eigenvalue weighted by Gasteiger charge is 2.16. The molecule has 3 aromatic rings. The monoisotopic (exact) mass is 362 g/mol. The highest BCUT2D eigenvalue weighted by Crippen LogP contribution is 2.18. The Balaban J connectivity index is 1.80. The molecule has 0 saturated carbocycles. The topological polar surface area (TPSA) is 79.9 Å². The van der Waals surface area contributed by atoms with Crippen molar-refractivity contribution < 1.29 is 9.53 Å². The van der Waals surface area contributed by atoms with E-state index >= 15 is 0 Å². The van der Waals surface area contributed by atoms with E-state index < -0.39 is 6.04 Å². The predicted octanol–water partition coefficient (Wildman–Crippen LogP) is 3.42. The third-order valence-corrected chi connectivity index (χ3v) is 4.21. The van der Waals surface area contributed by atoms with Gasteiger partial charge in [-0.1, -0.05) is 43.7 Å². The fraction of sp³-hybridized carbons (Fsp3) is 0.286. The van der Waals surface area contributed by atoms with E-state index in [1.54, 1.807) is 0 Å². The van der Waals surface area contributed by atoms with E-state index in [0.29, 0.717) is 12.2 Å². The molecule has 6 heteroatoms. The highest BCUT2D eigenvalue weighted by molar-refractivity contribution is 5.81. The summed E-state index contributed by atoms with van der Waals surface area (Å²) in [5, 5.41) is 11.9. The van der Waals surface area contributed by atoms with Gasteiger partial charge in [0, 0.05) is 0 Å². The van der Waals surface area contributed by atoms with Crippen molar-refractivity contribution in [1.29, 1.82) is 5.26 Å². The molecule has 1 atom stereocenters. The number of hydrogen-bond acceptors (Lipinski definition) is 4. The molecule has 3 rings (SSSR count). The summed E-state index contributed by atoms with van der Waals surface area (Å²) in [4.78, 5) is 17.1. The molecular formula is C21H22N4O2. The van der Waals surface area contributed by atoms with Crippen LogP contribution in [0.15, 0.2) is 54.6 Å². The Hall–Kier alpha value is -3.33. The number of amides is 1. The maximum absolute atomic E-state index is 12.5. The van der Waals surface area contributed by atoms with Crippen molar-refractivity contribution in [1.82, 2.24) is 14.9 Å². The third-order valence-electron chi connectivity index (χ3n) is 4.21. The van der Waals surface area contributed by atoms with Crippen LogP contribution in [0.5, 0.6) is 5.75 Å². The van der Waals surface area contributed by atoms with Crippen LogP contribution in [0.3, 0.4) is 0 Å². The SMILES string of the molecule is CCCC(C#N)NC(=O)Cn1c(COc2ccccc2)nc2ccccc21. The van der Waals surface area contributed by atoms with Crippen molar-refractivity contribution >= 4 is 16.9 Å². The summed E-state index contributed by atoms with van der Waals surface area (Å²) >= 11 is 0. The summed E-state index contributed by atoms with van der Waals surface area (Å²) in [6.45, 7) is 2.33. The Bertz CT molecular complexity index is 944. The Morgan fingerprint density at radius 3 is 2.70 bits per heavy atom. The van der Waals surface area contributed by atoms with Gasteiger partial charge in [-0.25, -0.2) is 4.98 Å². The van der Waals surface area contributed by atoms with Crippen molar-refractivity contribution in [3.05, 3.63) is 60.4 Å². The predicted molar refractivity (Wildman–Crippen MR) is 103 cm³/mol. The number of hydrogen-bond donors (Lipinski definition) is 1. The average Bonchev–Trinajstić information content (AvgIpc) is 3.04. The van der Waals surface area contributed by atoms with E-state index in [4.69, 9.17) is 10.00 Å². The van der Waals surface area contributed by atoms with Gasteiger partial charge in [0.2, 0.25) is 5.91 Å². The molecule has 0 bridgehead atoms. The molecule has 0 aliphatic heterocycles. The number of fused-ring (bicyclic) bond motifs is 1. The lowest BCUT2D eigenvalue weighted by Crippen LogP contribution is -2.36. The van der Waals surface area contributed by atoms with Gasteiger partial charge in [-0.15, -0.1) is 0 Å². The molecule has 138 valence electrons. The van der Waals surface area contributed by atoms with Gasteiger partial charge in [0.15, 0.2) is 0 Å². The fourth-order valence-corrected chi connectivity index (χ4v) is 2.92. The van der Waals surface area contributed by atoms with Gasteiger partial charge in [-0.3, -0.25) is 4.79 Å². The van der Waals surface area contributed by atoms with Crippen LogP contribution < -0.4 is 10.1 Å². The van der Waals surface area contributed by atoms with Gasteiger partial charge in [-0.05, 0) is 30.7 Å². The lowest BCUT2D eigenvalue weighted by Gasteiger charge is -2.13. The van der Waals surface area contributed by atoms with Crippen molar-refractivity contribution in [3.63, 3.8) is 0 Å². The van der Waals surface area contributed by atoms with E-state index in [-0.39, 0.29) is 19.1 Å². The Labute approximate surface area is 158 Å². The molecule has 27 heavy (non-hydrogen) atoms. The third kappa shape index (κ3) is 4.64. The second kappa shape index (κ2) is 8.86. The normalized spacial score (nSPS) is 11.7. The van der Waals surface area contributed by atoms with Crippen LogP contribution in [-0.2, 0) is 17.9 Å². The number of nitrogens with one attached hydrogen (secondary N) is 1. The Morgan fingerprint density at radius 1 is 1.22 bits per heavy atom. The molecule has 0 fully saturated rings. The second-order valence-electron chi connectivity index (χ2n) is 6.24. The van der Waals surface area contributed by atoms with Gasteiger partial charge >= 0.3 is 0 Å². The number of para-hydroxylation sites is 3. The largest absolute Gasteiger partial charge is 0.486 e. The lowest BCUT2D eigenvalue weighted by atomic mass is 10.2. The summed E-state index contributed by atoms with van der Waals surface area (Å²) in [6, 6.07) is 18.8. The van der Waals surface area contributed by atoms with E-state index in [0.717, 1.165) is 23.2 Å². The Kier molecular flexibility index (Phi) is 6.06. The van der Waals surface area contributed by atoms with Crippen LogP contribution in [0.1, 0.15) is 25.6 Å². The molecule has 1 unspecified atom stereocenters. The number of nitrogens with zero attached hydrogens (tertiary/aromatic N) is 3. The minimum absolute atomic E-state index is 0.0931. The second-order valence-corrected chi connectivity index (χ2v) is 6.24. The smallest absolute Gasteiger partial charge is 0.241 e. The minimum Gasteiger partial charge on any atom is -0.486 e. The zero-order valence-electron chi connectivity index (χ0n) is 15.3. The molecule has 1 N–H and O–H groups in total. The van der Waals surface area contributed by atoms with E-state index in [9.17, 15) is 4.79 Å². The van der Waals surface area contributed by atoms with Crippen molar-refractivity contribution in [2.75, 3.05) is 0 Å². The molecule has 1 amide bonds. The Morgan fingerprint density at radius 2 is 1.96 bits per heavy atom. The van der Waals surface area contributed by atoms with Gasteiger partial charge in [0.1, 0.15) is 30.8 Å². The summed E-state index contributed by atoms with van der Waals surface area (Å²) in [7, 11) is 0. The van der Waals surface area contributed by atoms with Gasteiger partial charge in [-0.2, -0.15) is 5.26 Å². The molecule has 0 aliphatic rings. The fourth-order valence-electron chi connectivity index (χ4n) is 2.92. The molecule has 0 radical (unpaired) electrons. The first-order chi connectivity index (χ1) is 13.2. The van der Waals surface area contributed by atoms with Crippen molar-refractivity contribution in [3.8, 4) is 11.8 Å². The average molecular weight is 362 g/mol. The maximum Gasteiger partial charge on any atom is 0.241 e.